The summed E-state index contributed by atoms with van der Waals surface area (Å²) >= 11 is 3.21. The summed E-state index contributed by atoms with van der Waals surface area (Å²) in [5.74, 6) is 0.796. The number of aryl methyl sites for hydroxylation is 1. The molecule has 1 aromatic carbocycles. The normalized spacial score (nSPS) is 12.4. The van der Waals surface area contributed by atoms with Gasteiger partial charge in [0.2, 0.25) is 11.8 Å². The fourth-order valence-electron chi connectivity index (χ4n) is 2.61. The minimum absolute atomic E-state index is 0.0161. The van der Waals surface area contributed by atoms with Crippen molar-refractivity contribution in [2.75, 3.05) is 0 Å². The van der Waals surface area contributed by atoms with Crippen LogP contribution in [0, 0.1) is 10.1 Å². The Hall–Kier alpha value is -2.85. The average molecular weight is 413 g/mol. The predicted molar refractivity (Wildman–Crippen MR) is 107 cm³/mol. The Labute approximate surface area is 168 Å². The maximum atomic E-state index is 10.8. The third-order valence-corrected chi connectivity index (χ3v) is 6.39. The topological polar surface area (TPSA) is 108 Å². The molecule has 8 nitrogen and oxygen atoms in total. The third-order valence-electron chi connectivity index (χ3n) is 4.09. The van der Waals surface area contributed by atoms with Crippen molar-refractivity contribution in [1.29, 1.82) is 0 Å². The van der Waals surface area contributed by atoms with Crippen molar-refractivity contribution in [2.45, 2.75) is 30.5 Å². The number of benzene rings is 1. The number of hydrogen-bond acceptors (Lipinski definition) is 9. The summed E-state index contributed by atoms with van der Waals surface area (Å²) in [5.41, 5.74) is 0.652. The zero-order chi connectivity index (χ0) is 19.7. The predicted octanol–water partition coefficient (Wildman–Crippen LogP) is 5.07. The van der Waals surface area contributed by atoms with Crippen LogP contribution in [0.3, 0.4) is 0 Å². The Morgan fingerprint density at radius 3 is 2.75 bits per heavy atom. The van der Waals surface area contributed by atoms with Gasteiger partial charge in [0.1, 0.15) is 16.2 Å². The number of nitrogens with zero attached hydrogens (tertiary/aromatic N) is 5. The van der Waals surface area contributed by atoms with Gasteiger partial charge in [-0.05, 0) is 31.5 Å². The van der Waals surface area contributed by atoms with Crippen molar-refractivity contribution in [3.05, 3.63) is 57.5 Å². The number of rotatable bonds is 6. The van der Waals surface area contributed by atoms with E-state index in [9.17, 15) is 10.1 Å². The monoisotopic (exact) mass is 413 g/mol. The van der Waals surface area contributed by atoms with Crippen LogP contribution >= 0.6 is 23.1 Å². The summed E-state index contributed by atoms with van der Waals surface area (Å²) in [7, 11) is 0. The van der Waals surface area contributed by atoms with Gasteiger partial charge < -0.3 is 4.42 Å². The fraction of sp³-hybridized carbons (Fsp3) is 0.222. The number of fused-ring (bicyclic) bond motifs is 1. The van der Waals surface area contributed by atoms with Crippen molar-refractivity contribution in [1.82, 2.24) is 20.2 Å². The van der Waals surface area contributed by atoms with Gasteiger partial charge in [-0.15, -0.1) is 21.5 Å². The molecule has 3 heterocycles. The minimum Gasteiger partial charge on any atom is -0.419 e. The summed E-state index contributed by atoms with van der Waals surface area (Å²) in [6, 6.07) is 8.15. The maximum Gasteiger partial charge on any atom is 0.269 e. The van der Waals surface area contributed by atoms with E-state index in [1.54, 1.807) is 29.8 Å². The van der Waals surface area contributed by atoms with E-state index in [1.807, 2.05) is 6.92 Å². The minimum atomic E-state index is -0.446. The second-order valence-corrected chi connectivity index (χ2v) is 8.42. The summed E-state index contributed by atoms with van der Waals surface area (Å²) in [4.78, 5) is 21.3. The molecule has 0 aliphatic rings. The highest BCUT2D eigenvalue weighted by atomic mass is 32.2. The lowest BCUT2D eigenvalue weighted by molar-refractivity contribution is -0.384. The van der Waals surface area contributed by atoms with Crippen LogP contribution < -0.4 is 0 Å². The molecule has 142 valence electrons. The van der Waals surface area contributed by atoms with E-state index in [2.05, 4.69) is 33.2 Å². The molecule has 0 bridgehead atoms. The number of aromatic nitrogens is 4. The molecule has 0 aliphatic heterocycles. The number of nitro benzene ring substituents is 1. The van der Waals surface area contributed by atoms with Gasteiger partial charge in [0, 0.05) is 28.0 Å². The van der Waals surface area contributed by atoms with Gasteiger partial charge in [0.05, 0.1) is 10.2 Å². The second-order valence-electron chi connectivity index (χ2n) is 5.97. The summed E-state index contributed by atoms with van der Waals surface area (Å²) in [6.07, 6.45) is 2.53. The van der Waals surface area contributed by atoms with E-state index in [4.69, 9.17) is 4.42 Å². The highest BCUT2D eigenvalue weighted by Gasteiger charge is 2.19. The molecule has 0 saturated carbocycles. The van der Waals surface area contributed by atoms with Gasteiger partial charge in [0.15, 0.2) is 0 Å². The molecule has 10 heteroatoms. The largest absolute Gasteiger partial charge is 0.419 e. The van der Waals surface area contributed by atoms with Gasteiger partial charge in [-0.3, -0.25) is 10.1 Å². The van der Waals surface area contributed by atoms with Crippen molar-refractivity contribution in [3.8, 4) is 11.5 Å². The molecule has 0 spiro atoms. The zero-order valence-electron chi connectivity index (χ0n) is 15.0. The number of hydrogen-bond donors (Lipinski definition) is 0. The van der Waals surface area contributed by atoms with Crippen LogP contribution in [0.25, 0.3) is 21.7 Å². The third kappa shape index (κ3) is 3.60. The molecule has 1 atom stereocenters. The quantitative estimate of drug-likeness (QED) is 0.187. The standard InChI is InChI=1S/C18H15N5O3S2/c1-3-13-8-14-17(19-9-20-18(14)28-13)27-10(2)15-21-22-16(26-15)11-4-6-12(7-5-11)23(24)25/h4-10H,3H2,1-2H3. The Kier molecular flexibility index (Phi) is 5.05. The molecule has 4 aromatic rings. The first kappa shape index (κ1) is 18.5. The van der Waals surface area contributed by atoms with Crippen LogP contribution in [0.15, 0.2) is 46.1 Å². The van der Waals surface area contributed by atoms with Gasteiger partial charge >= 0.3 is 0 Å². The van der Waals surface area contributed by atoms with Crippen LogP contribution in [0.2, 0.25) is 0 Å². The highest BCUT2D eigenvalue weighted by Crippen LogP contribution is 2.39. The lowest BCUT2D eigenvalue weighted by Crippen LogP contribution is -1.91. The van der Waals surface area contributed by atoms with Gasteiger partial charge in [-0.2, -0.15) is 0 Å². The van der Waals surface area contributed by atoms with Crippen LogP contribution in [0.5, 0.6) is 0 Å². The van der Waals surface area contributed by atoms with Crippen LogP contribution in [0.1, 0.15) is 29.9 Å². The van der Waals surface area contributed by atoms with Crippen molar-refractivity contribution >= 4 is 39.0 Å². The molecule has 0 radical (unpaired) electrons. The van der Waals surface area contributed by atoms with Gasteiger partial charge in [-0.1, -0.05) is 18.7 Å². The average Bonchev–Trinajstić information content (AvgIpc) is 3.35. The van der Waals surface area contributed by atoms with Crippen molar-refractivity contribution < 1.29 is 9.34 Å². The van der Waals surface area contributed by atoms with Gasteiger partial charge in [-0.25, -0.2) is 9.97 Å². The maximum absolute atomic E-state index is 10.8. The molecule has 0 amide bonds. The van der Waals surface area contributed by atoms with Crippen molar-refractivity contribution in [2.24, 2.45) is 0 Å². The lowest BCUT2D eigenvalue weighted by Gasteiger charge is -2.06. The molecule has 28 heavy (non-hydrogen) atoms. The number of thiophene rings is 1. The molecule has 3 aromatic heterocycles. The Balaban J connectivity index is 1.56. The number of nitro groups is 1. The van der Waals surface area contributed by atoms with Crippen LogP contribution in [-0.4, -0.2) is 25.1 Å². The van der Waals surface area contributed by atoms with Crippen LogP contribution in [0.4, 0.5) is 5.69 Å². The van der Waals surface area contributed by atoms with E-state index in [0.717, 1.165) is 21.7 Å². The van der Waals surface area contributed by atoms with Gasteiger partial charge in [0.25, 0.3) is 5.69 Å². The zero-order valence-corrected chi connectivity index (χ0v) is 16.7. The Bertz CT molecular complexity index is 1140. The molecule has 0 saturated heterocycles. The molecule has 4 rings (SSSR count). The van der Waals surface area contributed by atoms with E-state index in [-0.39, 0.29) is 10.9 Å². The van der Waals surface area contributed by atoms with E-state index >= 15 is 0 Å². The lowest BCUT2D eigenvalue weighted by atomic mass is 10.2. The van der Waals surface area contributed by atoms with Crippen LogP contribution in [-0.2, 0) is 6.42 Å². The molecule has 0 fully saturated rings. The van der Waals surface area contributed by atoms with E-state index in [0.29, 0.717) is 17.3 Å². The molecular formula is C18H15N5O3S2. The summed E-state index contributed by atoms with van der Waals surface area (Å²) in [5, 5.41) is 20.8. The fourth-order valence-corrected chi connectivity index (χ4v) is 4.53. The first-order chi connectivity index (χ1) is 13.5. The summed E-state index contributed by atoms with van der Waals surface area (Å²) in [6.45, 7) is 4.09. The molecule has 0 N–H and O–H groups in total. The number of non-ortho nitro benzene ring substituents is 1. The molecule has 0 aliphatic carbocycles. The molecular weight excluding hydrogens is 398 g/mol. The van der Waals surface area contributed by atoms with E-state index in [1.165, 1.54) is 28.8 Å². The van der Waals surface area contributed by atoms with E-state index < -0.39 is 4.92 Å². The second kappa shape index (κ2) is 7.64. The number of thioether (sulfide) groups is 1. The smallest absolute Gasteiger partial charge is 0.269 e. The highest BCUT2D eigenvalue weighted by molar-refractivity contribution is 7.99. The Morgan fingerprint density at radius 2 is 2.04 bits per heavy atom. The summed E-state index contributed by atoms with van der Waals surface area (Å²) < 4.78 is 5.79. The molecule has 1 unspecified atom stereocenters. The first-order valence-electron chi connectivity index (χ1n) is 8.53. The SMILES string of the molecule is CCc1cc2c(SC(C)c3nnc(-c4ccc([N+](=O)[O-])cc4)o3)ncnc2s1. The Morgan fingerprint density at radius 1 is 1.25 bits per heavy atom. The van der Waals surface area contributed by atoms with Crippen molar-refractivity contribution in [3.63, 3.8) is 0 Å². The first-order valence-corrected chi connectivity index (χ1v) is 10.2.